The van der Waals surface area contributed by atoms with Crippen molar-refractivity contribution in [1.82, 2.24) is 14.7 Å². The minimum absolute atomic E-state index is 0.136. The largest absolute Gasteiger partial charge is 0.385 e. The maximum atomic E-state index is 14.4. The number of halogens is 3. The van der Waals surface area contributed by atoms with E-state index in [-0.39, 0.29) is 18.7 Å². The molecule has 0 aromatic carbocycles. The highest BCUT2D eigenvalue weighted by atomic mass is 19.3. The van der Waals surface area contributed by atoms with E-state index in [2.05, 4.69) is 5.10 Å². The van der Waals surface area contributed by atoms with Gasteiger partial charge in [0.2, 0.25) is 0 Å². The molecule has 0 radical (unpaired) electrons. The van der Waals surface area contributed by atoms with Gasteiger partial charge >= 0.3 is 0 Å². The van der Waals surface area contributed by atoms with E-state index >= 15 is 0 Å². The van der Waals surface area contributed by atoms with Crippen LogP contribution in [-0.4, -0.2) is 45.7 Å². The second kappa shape index (κ2) is 4.46. The molecule has 4 nitrogen and oxygen atoms in total. The third-order valence-corrected chi connectivity index (χ3v) is 4.24. The summed E-state index contributed by atoms with van der Waals surface area (Å²) in [6.45, 7) is -0.0468. The Hall–Kier alpha value is -1.08. The Labute approximate surface area is 115 Å². The third-order valence-electron chi connectivity index (χ3n) is 4.24. The number of aliphatic hydroxyl groups is 1. The van der Waals surface area contributed by atoms with Gasteiger partial charge in [-0.15, -0.1) is 0 Å². The topological polar surface area (TPSA) is 41.3 Å². The number of rotatable bonds is 1. The van der Waals surface area contributed by atoms with Crippen molar-refractivity contribution in [2.45, 2.75) is 43.9 Å². The lowest BCUT2D eigenvalue weighted by atomic mass is 9.96. The van der Waals surface area contributed by atoms with E-state index in [0.29, 0.717) is 24.2 Å². The van der Waals surface area contributed by atoms with Gasteiger partial charge in [-0.25, -0.2) is 4.39 Å². The monoisotopic (exact) mass is 289 g/mol. The van der Waals surface area contributed by atoms with Crippen molar-refractivity contribution in [3.8, 4) is 0 Å². The van der Waals surface area contributed by atoms with E-state index < -0.39 is 24.6 Å². The summed E-state index contributed by atoms with van der Waals surface area (Å²) in [5, 5.41) is 14.3. The lowest BCUT2D eigenvalue weighted by Gasteiger charge is -2.24. The molecule has 0 amide bonds. The Morgan fingerprint density at radius 3 is 2.80 bits per heavy atom. The summed E-state index contributed by atoms with van der Waals surface area (Å²) < 4.78 is 42.9. The number of hydrogen-bond acceptors (Lipinski definition) is 3. The standard InChI is InChI=1S/C13H18F3N3O/c1-18-5-2-10-9(6-18)11-13(15,16)4-3-12(20,7-14)8-19(11)17-10/h20H,2-8H2,1H3. The first-order chi connectivity index (χ1) is 9.35. The second-order valence-corrected chi connectivity index (χ2v) is 5.98. The van der Waals surface area contributed by atoms with Crippen LogP contribution in [0.15, 0.2) is 0 Å². The van der Waals surface area contributed by atoms with Gasteiger partial charge < -0.3 is 10.0 Å². The van der Waals surface area contributed by atoms with E-state index in [9.17, 15) is 18.3 Å². The van der Waals surface area contributed by atoms with Gasteiger partial charge in [-0.05, 0) is 13.5 Å². The molecule has 0 spiro atoms. The Bertz CT molecular complexity index is 531. The highest BCUT2D eigenvalue weighted by Gasteiger charge is 2.46. The molecule has 2 aliphatic rings. The molecule has 3 heterocycles. The van der Waals surface area contributed by atoms with Gasteiger partial charge in [0, 0.05) is 31.5 Å². The Morgan fingerprint density at radius 1 is 1.35 bits per heavy atom. The summed E-state index contributed by atoms with van der Waals surface area (Å²) in [6, 6.07) is 0. The first-order valence-corrected chi connectivity index (χ1v) is 6.78. The molecule has 1 N–H and O–H groups in total. The van der Waals surface area contributed by atoms with E-state index in [1.165, 1.54) is 0 Å². The summed E-state index contributed by atoms with van der Waals surface area (Å²) in [5.41, 5.74) is -0.675. The van der Waals surface area contributed by atoms with Crippen molar-refractivity contribution in [2.24, 2.45) is 0 Å². The van der Waals surface area contributed by atoms with Crippen molar-refractivity contribution in [3.05, 3.63) is 17.0 Å². The van der Waals surface area contributed by atoms with Crippen LogP contribution in [0.3, 0.4) is 0 Å². The Balaban J connectivity index is 2.10. The van der Waals surface area contributed by atoms with Crippen LogP contribution in [-0.2, 0) is 25.4 Å². The van der Waals surface area contributed by atoms with Crippen molar-refractivity contribution < 1.29 is 18.3 Å². The van der Waals surface area contributed by atoms with Crippen LogP contribution in [0, 0.1) is 0 Å². The number of hydrogen-bond donors (Lipinski definition) is 1. The molecule has 1 unspecified atom stereocenters. The van der Waals surface area contributed by atoms with Crippen molar-refractivity contribution in [1.29, 1.82) is 0 Å². The van der Waals surface area contributed by atoms with Gasteiger partial charge in [0.25, 0.3) is 5.92 Å². The number of fused-ring (bicyclic) bond motifs is 3. The summed E-state index contributed by atoms with van der Waals surface area (Å²) in [5.74, 6) is -3.07. The van der Waals surface area contributed by atoms with Crippen LogP contribution in [0.4, 0.5) is 13.2 Å². The fourth-order valence-corrected chi connectivity index (χ4v) is 3.06. The molecule has 1 aromatic rings. The normalized spacial score (nSPS) is 29.6. The Morgan fingerprint density at radius 2 is 2.10 bits per heavy atom. The second-order valence-electron chi connectivity index (χ2n) is 5.98. The first kappa shape index (κ1) is 13.9. The summed E-state index contributed by atoms with van der Waals surface area (Å²) in [6.07, 6.45) is -0.199. The molecule has 0 saturated heterocycles. The zero-order chi connectivity index (χ0) is 14.5. The maximum absolute atomic E-state index is 14.4. The van der Waals surface area contributed by atoms with Gasteiger partial charge in [0.1, 0.15) is 18.0 Å². The summed E-state index contributed by atoms with van der Waals surface area (Å²) in [7, 11) is 1.87. The zero-order valence-corrected chi connectivity index (χ0v) is 11.4. The SMILES string of the molecule is CN1CCc2nn3c(c2C1)C(F)(F)CCC(O)(CF)C3. The van der Waals surface area contributed by atoms with Gasteiger partial charge in [0.15, 0.2) is 0 Å². The smallest absolute Gasteiger partial charge is 0.289 e. The van der Waals surface area contributed by atoms with Crippen molar-refractivity contribution in [2.75, 3.05) is 20.3 Å². The van der Waals surface area contributed by atoms with E-state index in [4.69, 9.17) is 0 Å². The van der Waals surface area contributed by atoms with Gasteiger partial charge in [-0.2, -0.15) is 13.9 Å². The Kier molecular flexibility index (Phi) is 3.10. The predicted octanol–water partition coefficient (Wildman–Crippen LogP) is 1.46. The number of aromatic nitrogens is 2. The fraction of sp³-hybridized carbons (Fsp3) is 0.769. The van der Waals surface area contributed by atoms with Crippen LogP contribution in [0.1, 0.15) is 29.8 Å². The highest BCUT2D eigenvalue weighted by molar-refractivity contribution is 5.32. The average molecular weight is 289 g/mol. The molecular weight excluding hydrogens is 271 g/mol. The zero-order valence-electron chi connectivity index (χ0n) is 11.4. The van der Waals surface area contributed by atoms with Crippen LogP contribution in [0.5, 0.6) is 0 Å². The lowest BCUT2D eigenvalue weighted by molar-refractivity contribution is -0.0474. The van der Waals surface area contributed by atoms with Crippen molar-refractivity contribution >= 4 is 0 Å². The lowest BCUT2D eigenvalue weighted by Crippen LogP contribution is -2.36. The van der Waals surface area contributed by atoms with Crippen LogP contribution in [0.2, 0.25) is 0 Å². The molecule has 0 fully saturated rings. The highest BCUT2D eigenvalue weighted by Crippen LogP contribution is 2.42. The number of likely N-dealkylation sites (N-methyl/N-ethyl adjacent to an activating group) is 1. The molecule has 0 bridgehead atoms. The quantitative estimate of drug-likeness (QED) is 0.851. The third kappa shape index (κ3) is 2.13. The van der Waals surface area contributed by atoms with Crippen LogP contribution >= 0.6 is 0 Å². The molecule has 7 heteroatoms. The summed E-state index contributed by atoms with van der Waals surface area (Å²) >= 11 is 0. The minimum atomic E-state index is -3.07. The average Bonchev–Trinajstić information content (AvgIpc) is 2.69. The van der Waals surface area contributed by atoms with E-state index in [1.54, 1.807) is 0 Å². The van der Waals surface area contributed by atoms with E-state index in [1.807, 2.05) is 11.9 Å². The molecule has 2 aliphatic heterocycles. The van der Waals surface area contributed by atoms with Crippen LogP contribution < -0.4 is 0 Å². The molecular formula is C13H18F3N3O. The molecule has 1 atom stereocenters. The maximum Gasteiger partial charge on any atom is 0.289 e. The minimum Gasteiger partial charge on any atom is -0.385 e. The molecule has 112 valence electrons. The molecule has 1 aromatic heterocycles. The molecule has 20 heavy (non-hydrogen) atoms. The molecule has 3 rings (SSSR count). The van der Waals surface area contributed by atoms with Crippen molar-refractivity contribution in [3.63, 3.8) is 0 Å². The predicted molar refractivity (Wildman–Crippen MR) is 66.3 cm³/mol. The first-order valence-electron chi connectivity index (χ1n) is 6.78. The fourth-order valence-electron chi connectivity index (χ4n) is 3.06. The summed E-state index contributed by atoms with van der Waals surface area (Å²) in [4.78, 5) is 1.97. The van der Waals surface area contributed by atoms with Gasteiger partial charge in [-0.3, -0.25) is 4.68 Å². The number of nitrogens with zero attached hydrogens (tertiary/aromatic N) is 3. The van der Waals surface area contributed by atoms with E-state index in [0.717, 1.165) is 11.2 Å². The van der Waals surface area contributed by atoms with Gasteiger partial charge in [0.05, 0.1) is 12.2 Å². The molecule has 0 saturated carbocycles. The van der Waals surface area contributed by atoms with Crippen LogP contribution in [0.25, 0.3) is 0 Å². The number of alkyl halides is 3. The molecule has 0 aliphatic carbocycles. The van der Waals surface area contributed by atoms with Gasteiger partial charge in [-0.1, -0.05) is 0 Å².